The first kappa shape index (κ1) is 21.0. The summed E-state index contributed by atoms with van der Waals surface area (Å²) in [4.78, 5) is 25.0. The van der Waals surface area contributed by atoms with Crippen LogP contribution in [0.5, 0.6) is 0 Å². The van der Waals surface area contributed by atoms with Gasteiger partial charge in [-0.25, -0.2) is 9.48 Å². The lowest BCUT2D eigenvalue weighted by Gasteiger charge is -2.21. The molecule has 2 N–H and O–H groups in total. The van der Waals surface area contributed by atoms with Crippen LogP contribution in [0.2, 0.25) is 0 Å². The first-order chi connectivity index (χ1) is 14.4. The number of hydrogen-bond donors (Lipinski definition) is 2. The van der Waals surface area contributed by atoms with E-state index in [4.69, 9.17) is 4.74 Å². The third-order valence-electron chi connectivity index (χ3n) is 4.44. The van der Waals surface area contributed by atoms with E-state index in [1.165, 1.54) is 0 Å². The first-order valence-corrected chi connectivity index (χ1v) is 9.55. The minimum Gasteiger partial charge on any atom is -0.445 e. The van der Waals surface area contributed by atoms with Gasteiger partial charge in [-0.3, -0.25) is 4.79 Å². The van der Waals surface area contributed by atoms with Crippen molar-refractivity contribution in [2.24, 2.45) is 13.0 Å². The van der Waals surface area contributed by atoms with Gasteiger partial charge in [0.2, 0.25) is 5.91 Å². The van der Waals surface area contributed by atoms with E-state index in [1.54, 1.807) is 29.9 Å². The molecule has 0 radical (unpaired) electrons. The topological polar surface area (TPSA) is 111 Å². The van der Waals surface area contributed by atoms with Crippen LogP contribution in [-0.4, -0.2) is 38.2 Å². The van der Waals surface area contributed by atoms with Crippen molar-refractivity contribution in [1.29, 1.82) is 0 Å². The Labute approximate surface area is 174 Å². The second-order valence-electron chi connectivity index (χ2n) is 7.12. The third-order valence-corrected chi connectivity index (χ3v) is 4.44. The van der Waals surface area contributed by atoms with E-state index in [1.807, 2.05) is 50.2 Å². The van der Waals surface area contributed by atoms with Crippen molar-refractivity contribution in [2.45, 2.75) is 26.5 Å². The fourth-order valence-electron chi connectivity index (χ4n) is 2.86. The molecule has 0 aliphatic heterocycles. The van der Waals surface area contributed by atoms with E-state index < -0.39 is 12.1 Å². The van der Waals surface area contributed by atoms with Gasteiger partial charge in [0.05, 0.1) is 0 Å². The largest absolute Gasteiger partial charge is 0.445 e. The number of nitrogens with zero attached hydrogens (tertiary/aromatic N) is 4. The number of amides is 2. The monoisotopic (exact) mass is 408 g/mol. The van der Waals surface area contributed by atoms with Gasteiger partial charge >= 0.3 is 6.09 Å². The minimum absolute atomic E-state index is 0.132. The zero-order valence-corrected chi connectivity index (χ0v) is 17.1. The molecule has 3 rings (SSSR count). The van der Waals surface area contributed by atoms with Crippen molar-refractivity contribution in [3.8, 4) is 11.4 Å². The number of carbonyl (C=O) groups is 2. The van der Waals surface area contributed by atoms with Crippen LogP contribution in [0.25, 0.3) is 11.4 Å². The molecule has 0 aliphatic rings. The minimum atomic E-state index is -0.756. The highest BCUT2D eigenvalue weighted by molar-refractivity contribution is 5.97. The molecule has 1 aromatic heterocycles. The molecular formula is C21H24N6O3. The molecule has 2 amide bonds. The smallest absolute Gasteiger partial charge is 0.408 e. The maximum atomic E-state index is 12.8. The molecule has 9 nitrogen and oxygen atoms in total. The second kappa shape index (κ2) is 9.64. The van der Waals surface area contributed by atoms with Crippen LogP contribution >= 0.6 is 0 Å². The highest BCUT2D eigenvalue weighted by atomic mass is 16.5. The molecule has 0 unspecified atom stereocenters. The second-order valence-corrected chi connectivity index (χ2v) is 7.12. The fraction of sp³-hybridized carbons (Fsp3) is 0.286. The Morgan fingerprint density at radius 1 is 1.10 bits per heavy atom. The van der Waals surface area contributed by atoms with E-state index in [2.05, 4.69) is 26.2 Å². The molecule has 0 saturated carbocycles. The van der Waals surface area contributed by atoms with Crippen molar-refractivity contribution >= 4 is 17.7 Å². The molecule has 2 aromatic carbocycles. The summed E-state index contributed by atoms with van der Waals surface area (Å²) in [5.41, 5.74) is 2.20. The number of tetrazole rings is 1. The van der Waals surface area contributed by atoms with Crippen molar-refractivity contribution < 1.29 is 14.3 Å². The van der Waals surface area contributed by atoms with Gasteiger partial charge in [-0.1, -0.05) is 56.3 Å². The lowest BCUT2D eigenvalue weighted by atomic mass is 10.0. The predicted octanol–water partition coefficient (Wildman–Crippen LogP) is 2.77. The Bertz CT molecular complexity index is 1000. The summed E-state index contributed by atoms with van der Waals surface area (Å²) in [7, 11) is 1.74. The Hall–Kier alpha value is -3.75. The number of benzene rings is 2. The summed E-state index contributed by atoms with van der Waals surface area (Å²) < 4.78 is 6.78. The van der Waals surface area contributed by atoms with Crippen LogP contribution < -0.4 is 10.6 Å². The van der Waals surface area contributed by atoms with Gasteiger partial charge in [0, 0.05) is 18.3 Å². The van der Waals surface area contributed by atoms with E-state index in [-0.39, 0.29) is 18.4 Å². The van der Waals surface area contributed by atoms with E-state index >= 15 is 0 Å². The Balaban J connectivity index is 1.63. The SMILES string of the molecule is CC(C)[C@H](NC(=O)OCc1ccccc1)C(=O)Nc1cccc(-c2nnnn2C)c1. The Morgan fingerprint density at radius 3 is 2.53 bits per heavy atom. The summed E-state index contributed by atoms with van der Waals surface area (Å²) in [6.45, 7) is 3.83. The number of alkyl carbamates (subject to hydrolysis) is 1. The van der Waals surface area contributed by atoms with E-state index in [9.17, 15) is 9.59 Å². The van der Waals surface area contributed by atoms with Crippen LogP contribution in [0.3, 0.4) is 0 Å². The molecule has 1 atom stereocenters. The summed E-state index contributed by atoms with van der Waals surface area (Å²) in [6, 6.07) is 15.8. The summed E-state index contributed by atoms with van der Waals surface area (Å²) in [5.74, 6) is 0.101. The van der Waals surface area contributed by atoms with Crippen LogP contribution in [0.1, 0.15) is 19.4 Å². The van der Waals surface area contributed by atoms with Crippen molar-refractivity contribution in [1.82, 2.24) is 25.5 Å². The number of hydrogen-bond acceptors (Lipinski definition) is 6. The molecule has 0 aliphatic carbocycles. The predicted molar refractivity (Wildman–Crippen MR) is 111 cm³/mol. The zero-order chi connectivity index (χ0) is 21.5. The quantitative estimate of drug-likeness (QED) is 0.622. The van der Waals surface area contributed by atoms with Gasteiger partial charge in [0.15, 0.2) is 5.82 Å². The molecule has 0 fully saturated rings. The van der Waals surface area contributed by atoms with Crippen LogP contribution in [-0.2, 0) is 23.2 Å². The van der Waals surface area contributed by atoms with Gasteiger partial charge in [0.1, 0.15) is 12.6 Å². The van der Waals surface area contributed by atoms with Crippen molar-refractivity contribution in [3.63, 3.8) is 0 Å². The standard InChI is InChI=1S/C21H24N6O3/c1-14(2)18(23-21(29)30-13-15-8-5-4-6-9-15)20(28)22-17-11-7-10-16(12-17)19-24-25-26-27(19)3/h4-12,14,18H,13H2,1-3H3,(H,22,28)(H,23,29)/t18-/m0/s1. The lowest BCUT2D eigenvalue weighted by Crippen LogP contribution is -2.47. The molecule has 0 bridgehead atoms. The average Bonchev–Trinajstić information content (AvgIpc) is 3.17. The Kier molecular flexibility index (Phi) is 6.74. The van der Waals surface area contributed by atoms with E-state index in [0.717, 1.165) is 11.1 Å². The van der Waals surface area contributed by atoms with Crippen LogP contribution in [0, 0.1) is 5.92 Å². The molecule has 0 spiro atoms. The lowest BCUT2D eigenvalue weighted by molar-refractivity contribution is -0.119. The normalized spacial score (nSPS) is 11.7. The van der Waals surface area contributed by atoms with Gasteiger partial charge < -0.3 is 15.4 Å². The highest BCUT2D eigenvalue weighted by Crippen LogP contribution is 2.20. The number of nitrogens with one attached hydrogen (secondary N) is 2. The van der Waals surface area contributed by atoms with Crippen LogP contribution in [0.15, 0.2) is 54.6 Å². The summed E-state index contributed by atoms with van der Waals surface area (Å²) in [5, 5.41) is 16.9. The molecule has 9 heteroatoms. The number of carbonyl (C=O) groups excluding carboxylic acids is 2. The van der Waals surface area contributed by atoms with Gasteiger partial charge in [-0.05, 0) is 34.0 Å². The molecule has 0 saturated heterocycles. The molecule has 156 valence electrons. The van der Waals surface area contributed by atoms with Gasteiger partial charge in [-0.2, -0.15) is 0 Å². The van der Waals surface area contributed by atoms with Crippen molar-refractivity contribution in [2.75, 3.05) is 5.32 Å². The van der Waals surface area contributed by atoms with Gasteiger partial charge in [-0.15, -0.1) is 5.10 Å². The number of aromatic nitrogens is 4. The number of aryl methyl sites for hydroxylation is 1. The third kappa shape index (κ3) is 5.40. The molecule has 30 heavy (non-hydrogen) atoms. The average molecular weight is 408 g/mol. The summed E-state index contributed by atoms with van der Waals surface area (Å²) >= 11 is 0. The number of rotatable bonds is 7. The maximum Gasteiger partial charge on any atom is 0.408 e. The highest BCUT2D eigenvalue weighted by Gasteiger charge is 2.25. The fourth-order valence-corrected chi connectivity index (χ4v) is 2.86. The number of anilines is 1. The van der Waals surface area contributed by atoms with E-state index in [0.29, 0.717) is 11.5 Å². The number of ether oxygens (including phenoxy) is 1. The molecular weight excluding hydrogens is 384 g/mol. The maximum absolute atomic E-state index is 12.8. The molecule has 1 heterocycles. The molecule has 3 aromatic rings. The van der Waals surface area contributed by atoms with Gasteiger partial charge in [0.25, 0.3) is 0 Å². The van der Waals surface area contributed by atoms with Crippen molar-refractivity contribution in [3.05, 3.63) is 60.2 Å². The van der Waals surface area contributed by atoms with Crippen LogP contribution in [0.4, 0.5) is 10.5 Å². The first-order valence-electron chi connectivity index (χ1n) is 9.55. The summed E-state index contributed by atoms with van der Waals surface area (Å²) in [6.07, 6.45) is -0.647. The Morgan fingerprint density at radius 2 is 1.87 bits per heavy atom. The zero-order valence-electron chi connectivity index (χ0n) is 17.1.